The Balaban J connectivity index is 2.71. The van der Waals surface area contributed by atoms with Crippen LogP contribution in [0.2, 0.25) is 0 Å². The molecule has 1 aromatic rings. The van der Waals surface area contributed by atoms with E-state index in [0.29, 0.717) is 6.61 Å². The topological polar surface area (TPSA) is 33.0 Å². The molecule has 0 atom stereocenters. The third-order valence-electron chi connectivity index (χ3n) is 1.99. The number of hydrogen-bond acceptors (Lipinski definition) is 2. The molecule has 0 saturated carbocycles. The van der Waals surface area contributed by atoms with Gasteiger partial charge in [-0.2, -0.15) is 5.26 Å². The van der Waals surface area contributed by atoms with E-state index in [-0.39, 0.29) is 11.3 Å². The lowest BCUT2D eigenvalue weighted by Crippen LogP contribution is -2.01. The molecule has 0 fully saturated rings. The molecule has 0 saturated heterocycles. The largest absolute Gasteiger partial charge is 0.486 e. The smallest absolute Gasteiger partial charge is 0.166 e. The molecule has 0 heterocycles. The third-order valence-corrected chi connectivity index (χ3v) is 1.99. The molecule has 3 heteroatoms. The fourth-order valence-corrected chi connectivity index (χ4v) is 0.969. The van der Waals surface area contributed by atoms with Crippen molar-refractivity contribution in [2.45, 2.75) is 13.3 Å². The van der Waals surface area contributed by atoms with Crippen LogP contribution in [-0.2, 0) is 0 Å². The van der Waals surface area contributed by atoms with Gasteiger partial charge in [0.2, 0.25) is 0 Å². The van der Waals surface area contributed by atoms with Crippen LogP contribution >= 0.6 is 0 Å². The maximum Gasteiger partial charge on any atom is 0.166 e. The Morgan fingerprint density at radius 1 is 1.60 bits per heavy atom. The lowest BCUT2D eigenvalue weighted by molar-refractivity contribution is 0.329. The van der Waals surface area contributed by atoms with E-state index in [0.717, 1.165) is 18.1 Å². The second-order valence-corrected chi connectivity index (χ2v) is 3.15. The Morgan fingerprint density at radius 2 is 2.33 bits per heavy atom. The van der Waals surface area contributed by atoms with Crippen LogP contribution in [0.1, 0.15) is 18.9 Å². The fourth-order valence-electron chi connectivity index (χ4n) is 0.969. The van der Waals surface area contributed by atoms with Gasteiger partial charge >= 0.3 is 0 Å². The van der Waals surface area contributed by atoms with Crippen molar-refractivity contribution >= 4 is 0 Å². The quantitative estimate of drug-likeness (QED) is 0.708. The van der Waals surface area contributed by atoms with Gasteiger partial charge in [-0.1, -0.05) is 13.5 Å². The van der Waals surface area contributed by atoms with E-state index in [4.69, 9.17) is 10.00 Å². The molecule has 15 heavy (non-hydrogen) atoms. The first-order chi connectivity index (χ1) is 7.17. The molecule has 0 aliphatic rings. The van der Waals surface area contributed by atoms with Gasteiger partial charge in [0.15, 0.2) is 11.6 Å². The molecule has 0 radical (unpaired) electrons. The molecule has 2 nitrogen and oxygen atoms in total. The summed E-state index contributed by atoms with van der Waals surface area (Å²) >= 11 is 0. The highest BCUT2D eigenvalue weighted by Gasteiger charge is 2.04. The summed E-state index contributed by atoms with van der Waals surface area (Å²) < 4.78 is 18.5. The number of benzene rings is 1. The summed E-state index contributed by atoms with van der Waals surface area (Å²) in [4.78, 5) is 0. The van der Waals surface area contributed by atoms with Crippen molar-refractivity contribution < 1.29 is 9.13 Å². The van der Waals surface area contributed by atoms with Gasteiger partial charge in [-0.05, 0) is 30.2 Å². The predicted molar refractivity (Wildman–Crippen MR) is 56.0 cm³/mol. The summed E-state index contributed by atoms with van der Waals surface area (Å²) in [5.74, 6) is -0.360. The van der Waals surface area contributed by atoms with E-state index in [1.54, 1.807) is 0 Å². The minimum absolute atomic E-state index is 0.156. The molecule has 0 spiro atoms. The zero-order valence-electron chi connectivity index (χ0n) is 8.59. The number of rotatable bonds is 4. The molecule has 78 valence electrons. The van der Waals surface area contributed by atoms with Gasteiger partial charge in [0.05, 0.1) is 11.6 Å². The molecule has 0 bridgehead atoms. The summed E-state index contributed by atoms with van der Waals surface area (Å²) in [6.45, 7) is 6.02. The maximum atomic E-state index is 13.3. The molecule has 0 aromatic heterocycles. The molecule has 0 aliphatic carbocycles. The number of nitrogens with zero attached hydrogens (tertiary/aromatic N) is 1. The molecule has 0 N–H and O–H groups in total. The highest BCUT2D eigenvalue weighted by atomic mass is 19.1. The zero-order valence-corrected chi connectivity index (χ0v) is 8.59. The molecule has 0 unspecified atom stereocenters. The van der Waals surface area contributed by atoms with Crippen molar-refractivity contribution in [1.82, 2.24) is 0 Å². The Hall–Kier alpha value is -1.82. The van der Waals surface area contributed by atoms with Gasteiger partial charge in [-0.3, -0.25) is 0 Å². The van der Waals surface area contributed by atoms with E-state index < -0.39 is 5.82 Å². The Labute approximate surface area is 88.6 Å². The van der Waals surface area contributed by atoms with E-state index in [2.05, 4.69) is 6.58 Å². The Morgan fingerprint density at radius 3 is 2.87 bits per heavy atom. The van der Waals surface area contributed by atoms with E-state index in [9.17, 15) is 4.39 Å². The van der Waals surface area contributed by atoms with Crippen molar-refractivity contribution in [2.24, 2.45) is 0 Å². The predicted octanol–water partition coefficient (Wildman–Crippen LogP) is 3.04. The van der Waals surface area contributed by atoms with Crippen LogP contribution in [0, 0.1) is 17.1 Å². The van der Waals surface area contributed by atoms with Crippen molar-refractivity contribution in [3.63, 3.8) is 0 Å². The van der Waals surface area contributed by atoms with Crippen LogP contribution in [0.5, 0.6) is 5.75 Å². The summed E-state index contributed by atoms with van der Waals surface area (Å²) in [6.07, 6.45) is 0.803. The number of halogens is 1. The van der Waals surface area contributed by atoms with Gasteiger partial charge in [0.1, 0.15) is 6.61 Å². The van der Waals surface area contributed by atoms with E-state index in [1.807, 2.05) is 13.0 Å². The van der Waals surface area contributed by atoms with Gasteiger partial charge in [0.25, 0.3) is 0 Å². The monoisotopic (exact) mass is 205 g/mol. The standard InChI is InChI=1S/C12H12FNO/c1-3-9(2)8-15-12-5-4-10(7-14)6-11(12)13/h4-6H,2-3,8H2,1H3. The first kappa shape index (κ1) is 11.3. The van der Waals surface area contributed by atoms with Crippen molar-refractivity contribution in [1.29, 1.82) is 5.26 Å². The molecular formula is C12H12FNO. The second-order valence-electron chi connectivity index (χ2n) is 3.15. The van der Waals surface area contributed by atoms with Crippen molar-refractivity contribution in [3.8, 4) is 11.8 Å². The first-order valence-electron chi connectivity index (χ1n) is 4.66. The molecule has 1 rings (SSSR count). The summed E-state index contributed by atoms with van der Waals surface area (Å²) in [7, 11) is 0. The number of hydrogen-bond donors (Lipinski definition) is 0. The van der Waals surface area contributed by atoms with Crippen LogP contribution < -0.4 is 4.74 Å². The average Bonchev–Trinajstić information content (AvgIpc) is 2.26. The lowest BCUT2D eigenvalue weighted by Gasteiger charge is -2.07. The minimum Gasteiger partial charge on any atom is -0.486 e. The normalized spacial score (nSPS) is 9.40. The van der Waals surface area contributed by atoms with Crippen LogP contribution in [0.3, 0.4) is 0 Å². The lowest BCUT2D eigenvalue weighted by atomic mass is 10.2. The van der Waals surface area contributed by atoms with Crippen LogP contribution in [0.4, 0.5) is 4.39 Å². The third kappa shape index (κ3) is 3.10. The molecule has 0 amide bonds. The minimum atomic E-state index is -0.516. The molecular weight excluding hydrogens is 193 g/mol. The highest BCUT2D eigenvalue weighted by molar-refractivity contribution is 5.36. The Kier molecular flexibility index (Phi) is 3.87. The Bertz CT molecular complexity index is 407. The van der Waals surface area contributed by atoms with Crippen molar-refractivity contribution in [3.05, 3.63) is 41.7 Å². The highest BCUT2D eigenvalue weighted by Crippen LogP contribution is 2.18. The molecule has 1 aromatic carbocycles. The fraction of sp³-hybridized carbons (Fsp3) is 0.250. The SMILES string of the molecule is C=C(CC)COc1ccc(C#N)cc1F. The second kappa shape index (κ2) is 5.16. The summed E-state index contributed by atoms with van der Waals surface area (Å²) in [5.41, 5.74) is 1.19. The molecule has 0 aliphatic heterocycles. The van der Waals surface area contributed by atoms with Crippen LogP contribution in [-0.4, -0.2) is 6.61 Å². The van der Waals surface area contributed by atoms with Gasteiger partial charge < -0.3 is 4.74 Å². The average molecular weight is 205 g/mol. The summed E-state index contributed by atoms with van der Waals surface area (Å²) in [6, 6.07) is 5.99. The maximum absolute atomic E-state index is 13.3. The van der Waals surface area contributed by atoms with Crippen molar-refractivity contribution in [2.75, 3.05) is 6.61 Å². The summed E-state index contributed by atoms with van der Waals surface area (Å²) in [5, 5.41) is 8.54. The zero-order chi connectivity index (χ0) is 11.3. The van der Waals surface area contributed by atoms with E-state index >= 15 is 0 Å². The van der Waals surface area contributed by atoms with Gasteiger partial charge in [0, 0.05) is 0 Å². The van der Waals surface area contributed by atoms with Gasteiger partial charge in [-0.25, -0.2) is 4.39 Å². The van der Waals surface area contributed by atoms with Crippen LogP contribution in [0.15, 0.2) is 30.4 Å². The first-order valence-corrected chi connectivity index (χ1v) is 4.66. The van der Waals surface area contributed by atoms with E-state index in [1.165, 1.54) is 12.1 Å². The number of ether oxygens (including phenoxy) is 1. The van der Waals surface area contributed by atoms with Gasteiger partial charge in [-0.15, -0.1) is 0 Å². The van der Waals surface area contributed by atoms with Crippen LogP contribution in [0.25, 0.3) is 0 Å². The number of nitriles is 1.